The smallest absolute Gasteiger partial charge is 0.251 e. The van der Waals surface area contributed by atoms with Crippen LogP contribution in [0.15, 0.2) is 36.4 Å². The van der Waals surface area contributed by atoms with Crippen LogP contribution in [0, 0.1) is 0 Å². The number of fused-ring (bicyclic) bond motifs is 1. The van der Waals surface area contributed by atoms with Crippen molar-refractivity contribution in [3.05, 3.63) is 47.5 Å². The number of amides is 1. The molecule has 2 unspecified atom stereocenters. The summed E-state index contributed by atoms with van der Waals surface area (Å²) in [6.07, 6.45) is 3.88. The molecule has 1 aromatic rings. The highest BCUT2D eigenvalue weighted by molar-refractivity contribution is 5.94. The second-order valence-electron chi connectivity index (χ2n) is 7.41. The van der Waals surface area contributed by atoms with Crippen molar-refractivity contribution in [3.63, 3.8) is 0 Å². The molecule has 1 saturated heterocycles. The van der Waals surface area contributed by atoms with E-state index in [0.29, 0.717) is 5.56 Å². The molecule has 0 aromatic heterocycles. The molecule has 1 aromatic carbocycles. The molecule has 0 radical (unpaired) electrons. The van der Waals surface area contributed by atoms with Gasteiger partial charge in [0.2, 0.25) is 0 Å². The van der Waals surface area contributed by atoms with Gasteiger partial charge in [-0.2, -0.15) is 0 Å². The van der Waals surface area contributed by atoms with E-state index in [0.717, 1.165) is 25.3 Å². The summed E-state index contributed by atoms with van der Waals surface area (Å²) >= 11 is 0. The molecule has 5 nitrogen and oxygen atoms in total. The minimum Gasteiger partial charge on any atom is -0.379 e. The van der Waals surface area contributed by atoms with Crippen molar-refractivity contribution < 1.29 is 9.90 Å². The van der Waals surface area contributed by atoms with Gasteiger partial charge in [-0.25, -0.2) is 0 Å². The van der Waals surface area contributed by atoms with Gasteiger partial charge in [0.25, 0.3) is 5.91 Å². The maximum atomic E-state index is 12.2. The minimum absolute atomic E-state index is 0.0294. The summed E-state index contributed by atoms with van der Waals surface area (Å²) in [6, 6.07) is 7.29. The Hall–Kier alpha value is -1.69. The Balaban J connectivity index is 1.83. The molecule has 2 aliphatic heterocycles. The first-order chi connectivity index (χ1) is 10.8. The van der Waals surface area contributed by atoms with Crippen LogP contribution in [0.2, 0.25) is 0 Å². The first-order valence-electron chi connectivity index (χ1n) is 8.07. The molecule has 0 spiro atoms. The predicted octanol–water partition coefficient (Wildman–Crippen LogP) is 1.20. The fourth-order valence-corrected chi connectivity index (χ4v) is 3.28. The Bertz CT molecular complexity index is 618. The molecule has 5 heteroatoms. The van der Waals surface area contributed by atoms with E-state index in [2.05, 4.69) is 15.5 Å². The number of aliphatic hydroxyl groups is 1. The van der Waals surface area contributed by atoms with Crippen LogP contribution >= 0.6 is 0 Å². The molecule has 2 heterocycles. The average molecular weight is 315 g/mol. The Morgan fingerprint density at radius 2 is 2.04 bits per heavy atom. The van der Waals surface area contributed by atoms with Gasteiger partial charge in [-0.05, 0) is 44.5 Å². The van der Waals surface area contributed by atoms with Crippen molar-refractivity contribution in [2.45, 2.75) is 38.0 Å². The average Bonchev–Trinajstić information content (AvgIpc) is 2.96. The second kappa shape index (κ2) is 5.74. The lowest BCUT2D eigenvalue weighted by atomic mass is 9.83. The summed E-state index contributed by atoms with van der Waals surface area (Å²) in [7, 11) is 0. The van der Waals surface area contributed by atoms with Crippen LogP contribution < -0.4 is 10.6 Å². The minimum atomic E-state index is -1.01. The fourth-order valence-electron chi connectivity index (χ4n) is 3.28. The molecular weight excluding hydrogens is 290 g/mol. The summed E-state index contributed by atoms with van der Waals surface area (Å²) in [5, 5.41) is 17.4. The molecule has 0 aliphatic carbocycles. The monoisotopic (exact) mass is 315 g/mol. The van der Waals surface area contributed by atoms with Crippen molar-refractivity contribution in [1.29, 1.82) is 0 Å². The quantitative estimate of drug-likeness (QED) is 0.718. The summed E-state index contributed by atoms with van der Waals surface area (Å²) in [5.74, 6) is -0.0978. The van der Waals surface area contributed by atoms with Crippen LogP contribution in [0.4, 0.5) is 0 Å². The molecule has 23 heavy (non-hydrogen) atoms. The molecule has 1 amide bonds. The topological polar surface area (TPSA) is 64.6 Å². The molecular formula is C18H25N3O2. The zero-order valence-corrected chi connectivity index (χ0v) is 14.0. The Kier molecular flexibility index (Phi) is 4.04. The van der Waals surface area contributed by atoms with Gasteiger partial charge in [-0.15, -0.1) is 0 Å². The van der Waals surface area contributed by atoms with Crippen molar-refractivity contribution >= 4 is 5.91 Å². The van der Waals surface area contributed by atoms with Crippen LogP contribution in [0.5, 0.6) is 0 Å². The number of nitrogens with zero attached hydrogens (tertiary/aromatic N) is 1. The highest BCUT2D eigenvalue weighted by Gasteiger charge is 2.44. The van der Waals surface area contributed by atoms with Gasteiger partial charge in [0.05, 0.1) is 6.04 Å². The first-order valence-corrected chi connectivity index (χ1v) is 8.07. The fraction of sp³-hybridized carbons (Fsp3) is 0.500. The molecule has 3 rings (SSSR count). The third-order valence-electron chi connectivity index (χ3n) is 4.41. The van der Waals surface area contributed by atoms with E-state index in [-0.39, 0.29) is 17.5 Å². The molecule has 0 saturated carbocycles. The molecule has 3 N–H and O–H groups in total. The third kappa shape index (κ3) is 3.17. The maximum Gasteiger partial charge on any atom is 0.251 e. The summed E-state index contributed by atoms with van der Waals surface area (Å²) in [6.45, 7) is 8.27. The zero-order valence-electron chi connectivity index (χ0n) is 14.0. The Morgan fingerprint density at radius 3 is 2.70 bits per heavy atom. The van der Waals surface area contributed by atoms with E-state index in [1.807, 2.05) is 45.1 Å². The summed E-state index contributed by atoms with van der Waals surface area (Å²) in [4.78, 5) is 14.4. The molecule has 2 atom stereocenters. The van der Waals surface area contributed by atoms with Gasteiger partial charge in [0, 0.05) is 30.9 Å². The van der Waals surface area contributed by atoms with E-state index in [4.69, 9.17) is 0 Å². The lowest BCUT2D eigenvalue weighted by molar-refractivity contribution is 0.00326. The SMILES string of the molecule is CC(C)(C)NC(=O)c1ccc(C2(O)C=CCN3CNCC32)cc1. The maximum absolute atomic E-state index is 12.2. The van der Waals surface area contributed by atoms with E-state index < -0.39 is 5.60 Å². The van der Waals surface area contributed by atoms with Gasteiger partial charge in [-0.1, -0.05) is 18.2 Å². The van der Waals surface area contributed by atoms with Gasteiger partial charge >= 0.3 is 0 Å². The number of hydrogen-bond acceptors (Lipinski definition) is 4. The van der Waals surface area contributed by atoms with Crippen LogP contribution in [-0.4, -0.2) is 47.3 Å². The first kappa shape index (κ1) is 16.2. The number of carbonyl (C=O) groups excluding carboxylic acids is 1. The molecule has 124 valence electrons. The van der Waals surface area contributed by atoms with E-state index >= 15 is 0 Å². The lowest BCUT2D eigenvalue weighted by Crippen LogP contribution is -2.50. The lowest BCUT2D eigenvalue weighted by Gasteiger charge is -2.39. The van der Waals surface area contributed by atoms with Gasteiger partial charge in [0.15, 0.2) is 0 Å². The third-order valence-corrected chi connectivity index (χ3v) is 4.41. The second-order valence-corrected chi connectivity index (χ2v) is 7.41. The number of hydrogen-bond donors (Lipinski definition) is 3. The number of benzene rings is 1. The van der Waals surface area contributed by atoms with Gasteiger partial charge < -0.3 is 15.7 Å². The van der Waals surface area contributed by atoms with Crippen LogP contribution in [0.25, 0.3) is 0 Å². The number of carbonyl (C=O) groups is 1. The highest BCUT2D eigenvalue weighted by atomic mass is 16.3. The highest BCUT2D eigenvalue weighted by Crippen LogP contribution is 2.34. The number of nitrogens with one attached hydrogen (secondary N) is 2. The Morgan fingerprint density at radius 1 is 1.35 bits per heavy atom. The van der Waals surface area contributed by atoms with Crippen molar-refractivity contribution in [3.8, 4) is 0 Å². The molecule has 1 fully saturated rings. The van der Waals surface area contributed by atoms with E-state index in [9.17, 15) is 9.90 Å². The predicted molar refractivity (Wildman–Crippen MR) is 90.1 cm³/mol. The van der Waals surface area contributed by atoms with Crippen molar-refractivity contribution in [2.24, 2.45) is 0 Å². The summed E-state index contributed by atoms with van der Waals surface area (Å²) < 4.78 is 0. The Labute approximate surface area is 137 Å². The molecule has 0 bridgehead atoms. The zero-order chi connectivity index (χ0) is 16.7. The van der Waals surface area contributed by atoms with Crippen molar-refractivity contribution in [1.82, 2.24) is 15.5 Å². The van der Waals surface area contributed by atoms with Gasteiger partial charge in [0.1, 0.15) is 5.60 Å². The van der Waals surface area contributed by atoms with Crippen molar-refractivity contribution in [2.75, 3.05) is 19.8 Å². The van der Waals surface area contributed by atoms with Crippen LogP contribution in [0.1, 0.15) is 36.7 Å². The summed E-state index contributed by atoms with van der Waals surface area (Å²) in [5.41, 5.74) is 0.143. The van der Waals surface area contributed by atoms with E-state index in [1.165, 1.54) is 0 Å². The number of rotatable bonds is 2. The van der Waals surface area contributed by atoms with Gasteiger partial charge in [-0.3, -0.25) is 9.69 Å². The molecule has 2 aliphatic rings. The standard InChI is InChI=1S/C18H25N3O2/c1-17(2,3)20-16(22)13-5-7-14(8-6-13)18(23)9-4-10-21-12-19-11-15(18)21/h4-9,15,19,23H,10-12H2,1-3H3,(H,20,22). The normalized spacial score (nSPS) is 27.7. The van der Waals surface area contributed by atoms with E-state index in [1.54, 1.807) is 12.1 Å². The largest absolute Gasteiger partial charge is 0.379 e. The van der Waals surface area contributed by atoms with Crippen LogP contribution in [0.3, 0.4) is 0 Å². The van der Waals surface area contributed by atoms with Crippen LogP contribution in [-0.2, 0) is 5.60 Å².